The van der Waals surface area contributed by atoms with Gasteiger partial charge in [0.1, 0.15) is 0 Å². The number of nitrogens with zero attached hydrogens (tertiary/aromatic N) is 3. The molecule has 3 aromatic carbocycles. The van der Waals surface area contributed by atoms with Crippen molar-refractivity contribution in [3.63, 3.8) is 0 Å². The standard InChI is InChI=1S/C30H27Cl2N3O2S/c1-34-18-33-15-27(34)30(37,21-7-10-23(31)11-8-21)22-9-12-26-25(14-22)29(20-3-2-4-24(32)13-20)38-17-28(36)35(26)16-19-5-6-19/h2-4,7-15,18-19,29,37H,5-6,16-17H2,1H3. The zero-order valence-corrected chi connectivity index (χ0v) is 23.2. The monoisotopic (exact) mass is 563 g/mol. The van der Waals surface area contributed by atoms with Gasteiger partial charge in [-0.05, 0) is 77.4 Å². The molecule has 5 nitrogen and oxygen atoms in total. The van der Waals surface area contributed by atoms with Crippen LogP contribution in [0.4, 0.5) is 5.69 Å². The first-order chi connectivity index (χ1) is 18.3. The number of fused-ring (bicyclic) bond motifs is 1. The summed E-state index contributed by atoms with van der Waals surface area (Å²) in [5, 5.41) is 13.6. The fourth-order valence-corrected chi connectivity index (χ4v) is 6.75. The molecule has 4 aromatic rings. The lowest BCUT2D eigenvalue weighted by atomic mass is 9.82. The quantitative estimate of drug-likeness (QED) is 0.287. The highest BCUT2D eigenvalue weighted by Crippen LogP contribution is 2.47. The molecule has 1 aromatic heterocycles. The van der Waals surface area contributed by atoms with Crippen LogP contribution in [0.25, 0.3) is 0 Å². The van der Waals surface area contributed by atoms with Gasteiger partial charge in [-0.15, -0.1) is 11.8 Å². The van der Waals surface area contributed by atoms with E-state index in [1.807, 2.05) is 71.1 Å². The summed E-state index contributed by atoms with van der Waals surface area (Å²) in [7, 11) is 1.87. The summed E-state index contributed by atoms with van der Waals surface area (Å²) < 4.78 is 1.83. The third-order valence-electron chi connectivity index (χ3n) is 7.43. The van der Waals surface area contributed by atoms with Crippen molar-refractivity contribution in [2.24, 2.45) is 13.0 Å². The molecule has 0 spiro atoms. The van der Waals surface area contributed by atoms with Crippen LogP contribution >= 0.6 is 35.0 Å². The average Bonchev–Trinajstić information content (AvgIpc) is 3.66. The number of hydrogen-bond donors (Lipinski definition) is 1. The molecule has 1 fully saturated rings. The predicted molar refractivity (Wildman–Crippen MR) is 154 cm³/mol. The lowest BCUT2D eigenvalue weighted by Gasteiger charge is -2.32. The number of carbonyl (C=O) groups excluding carboxylic acids is 1. The Kier molecular flexibility index (Phi) is 6.77. The van der Waals surface area contributed by atoms with Crippen LogP contribution in [0.3, 0.4) is 0 Å². The van der Waals surface area contributed by atoms with Crippen LogP contribution < -0.4 is 4.90 Å². The van der Waals surface area contributed by atoms with Gasteiger partial charge in [0.2, 0.25) is 5.91 Å². The van der Waals surface area contributed by atoms with Crippen molar-refractivity contribution < 1.29 is 9.90 Å². The number of benzene rings is 3. The molecule has 1 N–H and O–H groups in total. The maximum atomic E-state index is 13.4. The normalized spacial score (nSPS) is 19.1. The number of amides is 1. The Morgan fingerprint density at radius 1 is 1.03 bits per heavy atom. The van der Waals surface area contributed by atoms with Crippen LogP contribution in [0.15, 0.2) is 79.3 Å². The largest absolute Gasteiger partial charge is 0.374 e. The van der Waals surface area contributed by atoms with E-state index in [4.69, 9.17) is 23.2 Å². The summed E-state index contributed by atoms with van der Waals surface area (Å²) in [5.41, 5.74) is 3.41. The van der Waals surface area contributed by atoms with E-state index in [1.165, 1.54) is 0 Å². The molecule has 6 rings (SSSR count). The Morgan fingerprint density at radius 2 is 1.79 bits per heavy atom. The topological polar surface area (TPSA) is 58.4 Å². The van der Waals surface area contributed by atoms with E-state index in [0.29, 0.717) is 38.5 Å². The number of aryl methyl sites for hydroxylation is 1. The molecule has 2 atom stereocenters. The Bertz CT molecular complexity index is 1500. The van der Waals surface area contributed by atoms with E-state index < -0.39 is 5.60 Å². The van der Waals surface area contributed by atoms with E-state index in [9.17, 15) is 9.90 Å². The molecular formula is C30H27Cl2N3O2S. The molecule has 0 bridgehead atoms. The average molecular weight is 565 g/mol. The smallest absolute Gasteiger partial charge is 0.237 e. The number of halogens is 2. The molecule has 2 heterocycles. The SMILES string of the molecule is Cn1cncc1C(O)(c1ccc(Cl)cc1)c1ccc2c(c1)C(c1cccc(Cl)c1)SCC(=O)N2CC1CC1. The molecule has 2 aliphatic rings. The highest BCUT2D eigenvalue weighted by atomic mass is 35.5. The molecule has 38 heavy (non-hydrogen) atoms. The van der Waals surface area contributed by atoms with E-state index in [-0.39, 0.29) is 11.2 Å². The van der Waals surface area contributed by atoms with Crippen LogP contribution in [0, 0.1) is 5.92 Å². The highest BCUT2D eigenvalue weighted by molar-refractivity contribution is 8.00. The van der Waals surface area contributed by atoms with Gasteiger partial charge >= 0.3 is 0 Å². The number of carbonyl (C=O) groups is 1. The summed E-state index contributed by atoms with van der Waals surface area (Å²) in [4.78, 5) is 19.6. The van der Waals surface area contributed by atoms with Gasteiger partial charge < -0.3 is 14.6 Å². The molecular weight excluding hydrogens is 537 g/mol. The van der Waals surface area contributed by atoms with Crippen molar-refractivity contribution in [3.8, 4) is 0 Å². The van der Waals surface area contributed by atoms with Crippen molar-refractivity contribution in [2.45, 2.75) is 23.7 Å². The minimum atomic E-state index is -1.49. The van der Waals surface area contributed by atoms with Gasteiger partial charge in [0.25, 0.3) is 0 Å². The second-order valence-electron chi connectivity index (χ2n) is 10.1. The lowest BCUT2D eigenvalue weighted by molar-refractivity contribution is -0.116. The van der Waals surface area contributed by atoms with Crippen molar-refractivity contribution >= 4 is 46.6 Å². The fraction of sp³-hybridized carbons (Fsp3) is 0.267. The van der Waals surface area contributed by atoms with Gasteiger partial charge in [-0.1, -0.05) is 53.5 Å². The first kappa shape index (κ1) is 25.5. The molecule has 194 valence electrons. The Labute approximate surface area is 236 Å². The van der Waals surface area contributed by atoms with Crippen LogP contribution in [-0.2, 0) is 17.4 Å². The number of anilines is 1. The number of aromatic nitrogens is 2. The van der Waals surface area contributed by atoms with Gasteiger partial charge in [-0.25, -0.2) is 4.98 Å². The van der Waals surface area contributed by atoms with Gasteiger partial charge in [-0.2, -0.15) is 0 Å². The second kappa shape index (κ2) is 10.1. The van der Waals surface area contributed by atoms with Crippen LogP contribution in [0.5, 0.6) is 0 Å². The molecule has 1 aliphatic carbocycles. The molecule has 1 amide bonds. The summed E-state index contributed by atoms with van der Waals surface area (Å²) in [6.07, 6.45) is 5.67. The molecule has 8 heteroatoms. The maximum absolute atomic E-state index is 13.4. The summed E-state index contributed by atoms with van der Waals surface area (Å²) >= 11 is 14.2. The Morgan fingerprint density at radius 3 is 2.47 bits per heavy atom. The van der Waals surface area contributed by atoms with Gasteiger partial charge in [0, 0.05) is 29.3 Å². The summed E-state index contributed by atoms with van der Waals surface area (Å²) in [6.45, 7) is 0.719. The van der Waals surface area contributed by atoms with Crippen LogP contribution in [0.1, 0.15) is 46.0 Å². The molecule has 0 saturated heterocycles. The van der Waals surface area contributed by atoms with Crippen LogP contribution in [0.2, 0.25) is 10.0 Å². The van der Waals surface area contributed by atoms with E-state index in [0.717, 1.165) is 36.2 Å². The van der Waals surface area contributed by atoms with Crippen molar-refractivity contribution in [2.75, 3.05) is 17.2 Å². The fourth-order valence-electron chi connectivity index (χ4n) is 5.26. The summed E-state index contributed by atoms with van der Waals surface area (Å²) in [5.74, 6) is 1.02. The predicted octanol–water partition coefficient (Wildman–Crippen LogP) is 6.59. The zero-order valence-electron chi connectivity index (χ0n) is 20.8. The maximum Gasteiger partial charge on any atom is 0.237 e. The third-order valence-corrected chi connectivity index (χ3v) is 9.19. The number of thioether (sulfide) groups is 1. The Hall–Kier alpha value is -2.77. The van der Waals surface area contributed by atoms with E-state index >= 15 is 0 Å². The van der Waals surface area contributed by atoms with E-state index in [1.54, 1.807) is 36.4 Å². The van der Waals surface area contributed by atoms with Crippen LogP contribution in [-0.4, -0.2) is 32.9 Å². The minimum Gasteiger partial charge on any atom is -0.374 e. The molecule has 0 radical (unpaired) electrons. The molecule has 1 aliphatic heterocycles. The minimum absolute atomic E-state index is 0.111. The first-order valence-corrected chi connectivity index (χ1v) is 14.4. The number of imidazole rings is 1. The lowest BCUT2D eigenvalue weighted by Crippen LogP contribution is -2.34. The number of hydrogen-bond acceptors (Lipinski definition) is 4. The van der Waals surface area contributed by atoms with Gasteiger partial charge in [-0.3, -0.25) is 4.79 Å². The molecule has 1 saturated carbocycles. The highest BCUT2D eigenvalue weighted by Gasteiger charge is 2.39. The zero-order chi connectivity index (χ0) is 26.4. The van der Waals surface area contributed by atoms with Crippen molar-refractivity contribution in [1.82, 2.24) is 9.55 Å². The third kappa shape index (κ3) is 4.64. The van der Waals surface area contributed by atoms with Crippen molar-refractivity contribution in [1.29, 1.82) is 0 Å². The Balaban J connectivity index is 1.57. The molecule has 2 unspecified atom stereocenters. The number of aliphatic hydroxyl groups is 1. The van der Waals surface area contributed by atoms with E-state index in [2.05, 4.69) is 4.98 Å². The first-order valence-electron chi connectivity index (χ1n) is 12.6. The van der Waals surface area contributed by atoms with Crippen molar-refractivity contribution in [3.05, 3.63) is 117 Å². The van der Waals surface area contributed by atoms with Gasteiger partial charge in [0.15, 0.2) is 5.60 Å². The number of rotatable bonds is 6. The second-order valence-corrected chi connectivity index (χ2v) is 12.0. The van der Waals surface area contributed by atoms with Gasteiger partial charge in [0.05, 0.1) is 29.2 Å². The summed E-state index contributed by atoms with van der Waals surface area (Å²) in [6, 6.07) is 21.0.